The van der Waals surface area contributed by atoms with Crippen molar-refractivity contribution in [2.45, 2.75) is 6.92 Å². The minimum atomic E-state index is -0.100. The van der Waals surface area contributed by atoms with E-state index in [0.29, 0.717) is 22.9 Å². The topological polar surface area (TPSA) is 42.4 Å². The quantitative estimate of drug-likeness (QED) is 0.521. The lowest BCUT2D eigenvalue weighted by molar-refractivity contribution is -0.113. The standard InChI is InChI=1S/C24H19ClN2O2/c1-2-29-22-11-5-17(6-12-22)14-19-15-23(18-7-9-20(25)10-8-18)27(24(19)28)21-4-3-13-26-16-21/h3-16H,2H2,1H3/b19-14+. The number of pyridine rings is 1. The fraction of sp³-hybridized carbons (Fsp3) is 0.0833. The molecule has 0 saturated heterocycles. The lowest BCUT2D eigenvalue weighted by Gasteiger charge is -2.20. The molecule has 0 spiro atoms. The van der Waals surface area contributed by atoms with E-state index in [1.54, 1.807) is 17.3 Å². The minimum absolute atomic E-state index is 0.100. The van der Waals surface area contributed by atoms with Gasteiger partial charge in [0.05, 0.1) is 24.2 Å². The van der Waals surface area contributed by atoms with Crippen LogP contribution in [0.25, 0.3) is 11.8 Å². The summed E-state index contributed by atoms with van der Waals surface area (Å²) >= 11 is 6.04. The van der Waals surface area contributed by atoms with Gasteiger partial charge in [-0.2, -0.15) is 0 Å². The van der Waals surface area contributed by atoms with E-state index in [1.165, 1.54) is 0 Å². The Balaban J connectivity index is 1.75. The van der Waals surface area contributed by atoms with Crippen LogP contribution in [-0.4, -0.2) is 17.5 Å². The van der Waals surface area contributed by atoms with Crippen molar-refractivity contribution in [1.82, 2.24) is 4.98 Å². The third-order valence-electron chi connectivity index (χ3n) is 4.54. The van der Waals surface area contributed by atoms with Crippen LogP contribution >= 0.6 is 11.6 Å². The van der Waals surface area contributed by atoms with Gasteiger partial charge in [0, 0.05) is 16.8 Å². The number of halogens is 1. The molecule has 0 bridgehead atoms. The number of carbonyl (C=O) groups excluding carboxylic acids is 1. The van der Waals surface area contributed by atoms with Crippen molar-refractivity contribution in [3.05, 3.63) is 101 Å². The molecule has 0 fully saturated rings. The van der Waals surface area contributed by atoms with Gasteiger partial charge < -0.3 is 4.74 Å². The van der Waals surface area contributed by atoms with E-state index < -0.39 is 0 Å². The number of hydrogen-bond acceptors (Lipinski definition) is 3. The highest BCUT2D eigenvalue weighted by Gasteiger charge is 2.30. The van der Waals surface area contributed by atoms with E-state index in [1.807, 2.05) is 79.7 Å². The predicted molar refractivity (Wildman–Crippen MR) is 117 cm³/mol. The number of hydrogen-bond donors (Lipinski definition) is 0. The van der Waals surface area contributed by atoms with Crippen molar-refractivity contribution >= 4 is 35.0 Å². The SMILES string of the molecule is CCOc1ccc(/C=C2\C=C(c3ccc(Cl)cc3)N(c3cccnc3)C2=O)cc1. The predicted octanol–water partition coefficient (Wildman–Crippen LogP) is 5.61. The Hall–Kier alpha value is -3.37. The zero-order valence-electron chi connectivity index (χ0n) is 15.9. The third kappa shape index (κ3) is 4.08. The van der Waals surface area contributed by atoms with Crippen molar-refractivity contribution < 1.29 is 9.53 Å². The molecule has 0 radical (unpaired) electrons. The number of benzene rings is 2. The van der Waals surface area contributed by atoms with Crippen LogP contribution in [0.3, 0.4) is 0 Å². The summed E-state index contributed by atoms with van der Waals surface area (Å²) in [6.07, 6.45) is 7.15. The average molecular weight is 403 g/mol. The first-order chi connectivity index (χ1) is 14.2. The highest BCUT2D eigenvalue weighted by atomic mass is 35.5. The normalized spacial score (nSPS) is 15.0. The summed E-state index contributed by atoms with van der Waals surface area (Å²) in [5.41, 5.74) is 3.94. The van der Waals surface area contributed by atoms with Crippen LogP contribution in [0, 0.1) is 0 Å². The smallest absolute Gasteiger partial charge is 0.263 e. The van der Waals surface area contributed by atoms with E-state index >= 15 is 0 Å². The summed E-state index contributed by atoms with van der Waals surface area (Å²) in [6.45, 7) is 2.56. The lowest BCUT2D eigenvalue weighted by Crippen LogP contribution is -2.25. The molecular formula is C24H19ClN2O2. The molecule has 4 rings (SSSR count). The Morgan fingerprint density at radius 3 is 2.48 bits per heavy atom. The molecule has 4 nitrogen and oxygen atoms in total. The Morgan fingerprint density at radius 2 is 1.83 bits per heavy atom. The van der Waals surface area contributed by atoms with Crippen LogP contribution < -0.4 is 9.64 Å². The second kappa shape index (κ2) is 8.33. The molecule has 0 aliphatic carbocycles. The van der Waals surface area contributed by atoms with Crippen LogP contribution in [0.2, 0.25) is 5.02 Å². The molecule has 3 aromatic rings. The van der Waals surface area contributed by atoms with Crippen LogP contribution in [0.15, 0.2) is 84.7 Å². The Bertz CT molecular complexity index is 1070. The molecule has 0 saturated carbocycles. The maximum atomic E-state index is 13.3. The molecule has 2 aromatic carbocycles. The number of ether oxygens (including phenoxy) is 1. The molecule has 5 heteroatoms. The van der Waals surface area contributed by atoms with E-state index in [9.17, 15) is 4.79 Å². The average Bonchev–Trinajstić information content (AvgIpc) is 3.07. The van der Waals surface area contributed by atoms with Crippen LogP contribution in [0.4, 0.5) is 5.69 Å². The highest BCUT2D eigenvalue weighted by Crippen LogP contribution is 2.35. The number of carbonyl (C=O) groups is 1. The third-order valence-corrected chi connectivity index (χ3v) is 4.79. The van der Waals surface area contributed by atoms with Gasteiger partial charge in [-0.05, 0) is 66.6 Å². The lowest BCUT2D eigenvalue weighted by atomic mass is 10.1. The minimum Gasteiger partial charge on any atom is -0.494 e. The van der Waals surface area contributed by atoms with E-state index in [4.69, 9.17) is 16.3 Å². The van der Waals surface area contributed by atoms with Gasteiger partial charge in [0.2, 0.25) is 0 Å². The number of aromatic nitrogens is 1. The van der Waals surface area contributed by atoms with Crippen molar-refractivity contribution in [3.8, 4) is 5.75 Å². The first-order valence-electron chi connectivity index (χ1n) is 9.32. The maximum absolute atomic E-state index is 13.3. The molecule has 0 atom stereocenters. The molecule has 1 aliphatic rings. The van der Waals surface area contributed by atoms with Crippen LogP contribution in [0.5, 0.6) is 5.75 Å². The molecule has 29 heavy (non-hydrogen) atoms. The zero-order valence-corrected chi connectivity index (χ0v) is 16.6. The molecule has 0 unspecified atom stereocenters. The van der Waals surface area contributed by atoms with Gasteiger partial charge in [-0.25, -0.2) is 0 Å². The maximum Gasteiger partial charge on any atom is 0.263 e. The molecular weight excluding hydrogens is 384 g/mol. The van der Waals surface area contributed by atoms with Gasteiger partial charge >= 0.3 is 0 Å². The van der Waals surface area contributed by atoms with Gasteiger partial charge in [0.15, 0.2) is 0 Å². The number of nitrogens with zero attached hydrogens (tertiary/aromatic N) is 2. The molecule has 1 aliphatic heterocycles. The van der Waals surface area contributed by atoms with Gasteiger partial charge in [-0.15, -0.1) is 0 Å². The fourth-order valence-corrected chi connectivity index (χ4v) is 3.32. The van der Waals surface area contributed by atoms with Gasteiger partial charge in [0.25, 0.3) is 5.91 Å². The Labute approximate surface area is 174 Å². The largest absolute Gasteiger partial charge is 0.494 e. The summed E-state index contributed by atoms with van der Waals surface area (Å²) in [7, 11) is 0. The summed E-state index contributed by atoms with van der Waals surface area (Å²) in [4.78, 5) is 19.1. The second-order valence-electron chi connectivity index (χ2n) is 6.49. The van der Waals surface area contributed by atoms with Crippen molar-refractivity contribution in [1.29, 1.82) is 0 Å². The van der Waals surface area contributed by atoms with Gasteiger partial charge in [-0.3, -0.25) is 14.7 Å². The number of amides is 1. The van der Waals surface area contributed by atoms with Crippen molar-refractivity contribution in [3.63, 3.8) is 0 Å². The fourth-order valence-electron chi connectivity index (χ4n) is 3.20. The van der Waals surface area contributed by atoms with Crippen molar-refractivity contribution in [2.75, 3.05) is 11.5 Å². The molecule has 144 valence electrons. The number of rotatable bonds is 5. The van der Waals surface area contributed by atoms with E-state index in [2.05, 4.69) is 4.98 Å². The van der Waals surface area contributed by atoms with E-state index in [-0.39, 0.29) is 5.91 Å². The summed E-state index contributed by atoms with van der Waals surface area (Å²) < 4.78 is 5.49. The second-order valence-corrected chi connectivity index (χ2v) is 6.93. The molecule has 2 heterocycles. The monoisotopic (exact) mass is 402 g/mol. The van der Waals surface area contributed by atoms with Crippen molar-refractivity contribution in [2.24, 2.45) is 0 Å². The first-order valence-corrected chi connectivity index (χ1v) is 9.70. The summed E-state index contributed by atoms with van der Waals surface area (Å²) in [5.74, 6) is 0.707. The Morgan fingerprint density at radius 1 is 1.07 bits per heavy atom. The Kier molecular flexibility index (Phi) is 5.45. The summed E-state index contributed by atoms with van der Waals surface area (Å²) in [5, 5.41) is 0.650. The zero-order chi connectivity index (χ0) is 20.2. The van der Waals surface area contributed by atoms with Crippen LogP contribution in [0.1, 0.15) is 18.1 Å². The first kappa shape index (κ1) is 19.0. The molecule has 1 aromatic heterocycles. The summed E-state index contributed by atoms with van der Waals surface area (Å²) in [6, 6.07) is 18.8. The number of anilines is 1. The van der Waals surface area contributed by atoms with Crippen LogP contribution in [-0.2, 0) is 4.79 Å². The van der Waals surface area contributed by atoms with Gasteiger partial charge in [-0.1, -0.05) is 35.9 Å². The molecule has 1 amide bonds. The highest BCUT2D eigenvalue weighted by molar-refractivity contribution is 6.30. The van der Waals surface area contributed by atoms with Gasteiger partial charge in [0.1, 0.15) is 5.75 Å². The van der Waals surface area contributed by atoms with E-state index in [0.717, 1.165) is 22.6 Å². The molecule has 0 N–H and O–H groups in total.